The summed E-state index contributed by atoms with van der Waals surface area (Å²) in [6, 6.07) is 14.8. The summed E-state index contributed by atoms with van der Waals surface area (Å²) in [5.41, 5.74) is 2.46. The number of rotatable bonds is 4. The number of nitriles is 1. The van der Waals surface area contributed by atoms with Crippen LogP contribution in [0.4, 0.5) is 5.69 Å². The van der Waals surface area contributed by atoms with Crippen LogP contribution in [0.1, 0.15) is 11.1 Å². The number of carbonyl (C=O) groups is 1. The molecular formula is C18H14N2O3. The smallest absolute Gasteiger partial charge is 0.248 e. The molecule has 0 fully saturated rings. The normalized spacial score (nSPS) is 12.1. The van der Waals surface area contributed by atoms with E-state index < -0.39 is 0 Å². The van der Waals surface area contributed by atoms with Crippen LogP contribution in [0.5, 0.6) is 11.5 Å². The van der Waals surface area contributed by atoms with Gasteiger partial charge >= 0.3 is 0 Å². The first-order chi connectivity index (χ1) is 11.2. The van der Waals surface area contributed by atoms with Crippen LogP contribution in [-0.2, 0) is 11.2 Å². The third kappa shape index (κ3) is 3.69. The molecule has 1 amide bonds. The SMILES string of the molecule is N#CCc1ccc(NC(=O)C=Cc2ccc3c(c2)OCO3)cc1. The molecular weight excluding hydrogens is 292 g/mol. The van der Waals surface area contributed by atoms with Gasteiger partial charge in [0.2, 0.25) is 12.7 Å². The van der Waals surface area contributed by atoms with Crippen molar-refractivity contribution in [1.29, 1.82) is 5.26 Å². The zero-order chi connectivity index (χ0) is 16.1. The number of nitrogens with zero attached hydrogens (tertiary/aromatic N) is 1. The maximum Gasteiger partial charge on any atom is 0.248 e. The molecule has 0 atom stereocenters. The number of nitrogens with one attached hydrogen (secondary N) is 1. The Bertz CT molecular complexity index is 789. The number of fused-ring (bicyclic) bond motifs is 1. The van der Waals surface area contributed by atoms with Gasteiger partial charge in [-0.2, -0.15) is 5.26 Å². The van der Waals surface area contributed by atoms with Gasteiger partial charge < -0.3 is 14.8 Å². The van der Waals surface area contributed by atoms with Gasteiger partial charge in [0.25, 0.3) is 0 Å². The Balaban J connectivity index is 1.61. The quantitative estimate of drug-likeness (QED) is 0.881. The van der Waals surface area contributed by atoms with Crippen molar-refractivity contribution in [3.63, 3.8) is 0 Å². The van der Waals surface area contributed by atoms with Crippen molar-refractivity contribution in [2.45, 2.75) is 6.42 Å². The summed E-state index contributed by atoms with van der Waals surface area (Å²) in [6.07, 6.45) is 3.53. The first-order valence-corrected chi connectivity index (χ1v) is 7.09. The summed E-state index contributed by atoms with van der Waals surface area (Å²) in [6.45, 7) is 0.227. The van der Waals surface area contributed by atoms with Crippen LogP contribution in [0, 0.1) is 11.3 Å². The summed E-state index contributed by atoms with van der Waals surface area (Å²) < 4.78 is 10.5. The summed E-state index contributed by atoms with van der Waals surface area (Å²) >= 11 is 0. The molecule has 0 aromatic heterocycles. The number of hydrogen-bond acceptors (Lipinski definition) is 4. The molecule has 23 heavy (non-hydrogen) atoms. The first-order valence-electron chi connectivity index (χ1n) is 7.09. The van der Waals surface area contributed by atoms with Gasteiger partial charge in [0.05, 0.1) is 12.5 Å². The van der Waals surface area contributed by atoms with Crippen molar-refractivity contribution in [3.8, 4) is 17.6 Å². The molecule has 2 aromatic rings. The maximum absolute atomic E-state index is 11.9. The van der Waals surface area contributed by atoms with Gasteiger partial charge in [0.15, 0.2) is 11.5 Å². The summed E-state index contributed by atoms with van der Waals surface area (Å²) in [5, 5.41) is 11.4. The third-order valence-corrected chi connectivity index (χ3v) is 3.33. The second-order valence-corrected chi connectivity index (χ2v) is 4.97. The minimum atomic E-state index is -0.226. The number of benzene rings is 2. The van der Waals surface area contributed by atoms with Gasteiger partial charge in [-0.1, -0.05) is 18.2 Å². The van der Waals surface area contributed by atoms with E-state index in [4.69, 9.17) is 14.7 Å². The number of hydrogen-bond donors (Lipinski definition) is 1. The highest BCUT2D eigenvalue weighted by molar-refractivity contribution is 6.01. The largest absolute Gasteiger partial charge is 0.454 e. The van der Waals surface area contributed by atoms with Crippen molar-refractivity contribution in [1.82, 2.24) is 0 Å². The van der Waals surface area contributed by atoms with E-state index in [-0.39, 0.29) is 12.7 Å². The van der Waals surface area contributed by atoms with Crippen molar-refractivity contribution in [2.75, 3.05) is 12.1 Å². The zero-order valence-electron chi connectivity index (χ0n) is 12.3. The van der Waals surface area contributed by atoms with Crippen LogP contribution in [0.3, 0.4) is 0 Å². The molecule has 114 valence electrons. The van der Waals surface area contributed by atoms with Crippen molar-refractivity contribution >= 4 is 17.7 Å². The second-order valence-electron chi connectivity index (χ2n) is 4.97. The Morgan fingerprint density at radius 3 is 2.74 bits per heavy atom. The Morgan fingerprint density at radius 1 is 1.17 bits per heavy atom. The second kappa shape index (κ2) is 6.67. The molecule has 5 nitrogen and oxygen atoms in total. The van der Waals surface area contributed by atoms with Crippen LogP contribution in [0.15, 0.2) is 48.5 Å². The Labute approximate surface area is 133 Å². The van der Waals surface area contributed by atoms with Gasteiger partial charge in [-0.25, -0.2) is 0 Å². The molecule has 0 saturated carbocycles. The van der Waals surface area contributed by atoms with E-state index in [1.807, 2.05) is 30.3 Å². The lowest BCUT2D eigenvalue weighted by Gasteiger charge is -2.03. The molecule has 0 unspecified atom stereocenters. The average molecular weight is 306 g/mol. The van der Waals surface area contributed by atoms with Gasteiger partial charge in [-0.15, -0.1) is 0 Å². The number of carbonyl (C=O) groups excluding carboxylic acids is 1. The molecule has 0 bridgehead atoms. The van der Waals surface area contributed by atoms with Crippen molar-refractivity contribution in [3.05, 3.63) is 59.7 Å². The molecule has 5 heteroatoms. The van der Waals surface area contributed by atoms with Crippen molar-refractivity contribution < 1.29 is 14.3 Å². The van der Waals surface area contributed by atoms with Crippen molar-refractivity contribution in [2.24, 2.45) is 0 Å². The fraction of sp³-hybridized carbons (Fsp3) is 0.111. The fourth-order valence-corrected chi connectivity index (χ4v) is 2.17. The van der Waals surface area contributed by atoms with E-state index in [1.165, 1.54) is 6.08 Å². The van der Waals surface area contributed by atoms with E-state index >= 15 is 0 Å². The first kappa shape index (κ1) is 14.7. The molecule has 0 radical (unpaired) electrons. The predicted molar refractivity (Wildman–Crippen MR) is 86.0 cm³/mol. The van der Waals surface area contributed by atoms with Gasteiger partial charge in [0, 0.05) is 11.8 Å². The highest BCUT2D eigenvalue weighted by atomic mass is 16.7. The molecule has 3 rings (SSSR count). The van der Waals surface area contributed by atoms with E-state index in [1.54, 1.807) is 18.2 Å². The van der Waals surface area contributed by atoms with Crippen LogP contribution >= 0.6 is 0 Å². The molecule has 1 N–H and O–H groups in total. The lowest BCUT2D eigenvalue weighted by Crippen LogP contribution is -2.07. The van der Waals surface area contributed by atoms with E-state index in [0.717, 1.165) is 11.1 Å². The third-order valence-electron chi connectivity index (χ3n) is 3.33. The van der Waals surface area contributed by atoms with Crippen LogP contribution < -0.4 is 14.8 Å². The topological polar surface area (TPSA) is 71.4 Å². The molecule has 0 aliphatic carbocycles. The van der Waals surface area contributed by atoms with Gasteiger partial charge in [-0.3, -0.25) is 4.79 Å². The molecule has 1 heterocycles. The van der Waals surface area contributed by atoms with Crippen LogP contribution in [-0.4, -0.2) is 12.7 Å². The Hall–Kier alpha value is -3.26. The standard InChI is InChI=1S/C18H14N2O3/c19-10-9-13-1-5-15(6-2-13)20-18(21)8-4-14-3-7-16-17(11-14)23-12-22-16/h1-8,11H,9,12H2,(H,20,21). The lowest BCUT2D eigenvalue weighted by molar-refractivity contribution is -0.111. The number of ether oxygens (including phenoxy) is 2. The summed E-state index contributed by atoms with van der Waals surface area (Å²) in [5.74, 6) is 1.17. The van der Waals surface area contributed by atoms with E-state index in [0.29, 0.717) is 23.6 Å². The number of amides is 1. The zero-order valence-corrected chi connectivity index (χ0v) is 12.3. The summed E-state index contributed by atoms with van der Waals surface area (Å²) in [7, 11) is 0. The summed E-state index contributed by atoms with van der Waals surface area (Å²) in [4.78, 5) is 11.9. The number of anilines is 1. The average Bonchev–Trinajstić information content (AvgIpc) is 3.03. The fourth-order valence-electron chi connectivity index (χ4n) is 2.17. The molecule has 1 aliphatic rings. The lowest BCUT2D eigenvalue weighted by atomic mass is 10.1. The van der Waals surface area contributed by atoms with E-state index in [9.17, 15) is 4.79 Å². The monoisotopic (exact) mass is 306 g/mol. The van der Waals surface area contributed by atoms with E-state index in [2.05, 4.69) is 11.4 Å². The molecule has 0 saturated heterocycles. The van der Waals surface area contributed by atoms with Gasteiger partial charge in [-0.05, 0) is 41.5 Å². The highest BCUT2D eigenvalue weighted by Gasteiger charge is 2.12. The van der Waals surface area contributed by atoms with Crippen LogP contribution in [0.2, 0.25) is 0 Å². The van der Waals surface area contributed by atoms with Crippen LogP contribution in [0.25, 0.3) is 6.08 Å². The maximum atomic E-state index is 11.9. The molecule has 1 aliphatic heterocycles. The minimum absolute atomic E-state index is 0.226. The predicted octanol–water partition coefficient (Wildman–Crippen LogP) is 3.13. The molecule has 2 aromatic carbocycles. The Morgan fingerprint density at radius 2 is 1.96 bits per heavy atom. The molecule has 0 spiro atoms. The minimum Gasteiger partial charge on any atom is -0.454 e. The van der Waals surface area contributed by atoms with Gasteiger partial charge in [0.1, 0.15) is 0 Å². The Kier molecular flexibility index (Phi) is 4.25. The highest BCUT2D eigenvalue weighted by Crippen LogP contribution is 2.32.